The lowest BCUT2D eigenvalue weighted by Crippen LogP contribution is -2.38. The minimum Gasteiger partial charge on any atom is -0.497 e. The van der Waals surface area contributed by atoms with Gasteiger partial charge in [-0.3, -0.25) is 13.9 Å². The number of fused-ring (bicyclic) bond motifs is 1. The van der Waals surface area contributed by atoms with E-state index in [1.807, 2.05) is 43.3 Å². The van der Waals surface area contributed by atoms with E-state index in [4.69, 9.17) is 9.47 Å². The van der Waals surface area contributed by atoms with Crippen molar-refractivity contribution in [2.45, 2.75) is 19.6 Å². The van der Waals surface area contributed by atoms with E-state index in [0.29, 0.717) is 5.75 Å². The van der Waals surface area contributed by atoms with Gasteiger partial charge >= 0.3 is 5.69 Å². The fourth-order valence-electron chi connectivity index (χ4n) is 3.73. The summed E-state index contributed by atoms with van der Waals surface area (Å²) in [6, 6.07) is 14.8. The van der Waals surface area contributed by atoms with Gasteiger partial charge in [0.25, 0.3) is 5.56 Å². The number of hydrazone groups is 1. The van der Waals surface area contributed by atoms with Gasteiger partial charge in [-0.25, -0.2) is 10.2 Å². The maximum absolute atomic E-state index is 13.0. The summed E-state index contributed by atoms with van der Waals surface area (Å²) in [7, 11) is 4.52. The maximum Gasteiger partial charge on any atom is 0.332 e. The smallest absolute Gasteiger partial charge is 0.332 e. The van der Waals surface area contributed by atoms with Gasteiger partial charge in [-0.05, 0) is 48.4 Å². The number of aliphatic hydroxyl groups is 1. The monoisotopic (exact) mass is 492 g/mol. The Balaban J connectivity index is 1.64. The zero-order valence-electron chi connectivity index (χ0n) is 20.5. The Kier molecular flexibility index (Phi) is 7.20. The summed E-state index contributed by atoms with van der Waals surface area (Å²) in [5.41, 5.74) is 3.89. The van der Waals surface area contributed by atoms with Crippen molar-refractivity contribution in [1.29, 1.82) is 0 Å². The van der Waals surface area contributed by atoms with E-state index in [9.17, 15) is 14.7 Å². The Morgan fingerprint density at radius 1 is 1.11 bits per heavy atom. The zero-order chi connectivity index (χ0) is 25.8. The molecular weight excluding hydrogens is 464 g/mol. The number of anilines is 1. The van der Waals surface area contributed by atoms with Crippen LogP contribution in [0.25, 0.3) is 11.2 Å². The number of methoxy groups -OCH3 is 1. The molecule has 0 aliphatic rings. The minimum absolute atomic E-state index is 0.00877. The molecule has 0 saturated heterocycles. The molecule has 0 spiro atoms. The number of aliphatic hydroxyl groups excluding tert-OH is 1. The van der Waals surface area contributed by atoms with Gasteiger partial charge in [-0.2, -0.15) is 10.1 Å². The fourth-order valence-corrected chi connectivity index (χ4v) is 3.73. The Hall–Kier alpha value is -4.38. The summed E-state index contributed by atoms with van der Waals surface area (Å²) in [4.78, 5) is 29.9. The van der Waals surface area contributed by atoms with Crippen LogP contribution in [0.1, 0.15) is 11.1 Å². The Morgan fingerprint density at radius 3 is 2.53 bits per heavy atom. The number of aromatic nitrogens is 4. The number of benzene rings is 2. The van der Waals surface area contributed by atoms with Gasteiger partial charge in [0.2, 0.25) is 5.95 Å². The summed E-state index contributed by atoms with van der Waals surface area (Å²) in [5.74, 6) is 1.58. The summed E-state index contributed by atoms with van der Waals surface area (Å²) in [6.45, 7) is 1.89. The normalized spacial score (nSPS) is 12.2. The van der Waals surface area contributed by atoms with E-state index in [-0.39, 0.29) is 30.3 Å². The molecule has 0 aliphatic carbocycles. The number of imidazole rings is 1. The number of rotatable bonds is 9. The van der Waals surface area contributed by atoms with Gasteiger partial charge in [0.15, 0.2) is 11.2 Å². The van der Waals surface area contributed by atoms with Crippen molar-refractivity contribution in [3.8, 4) is 11.5 Å². The third kappa shape index (κ3) is 5.01. The largest absolute Gasteiger partial charge is 0.497 e. The number of nitrogens with zero attached hydrogens (tertiary/aromatic N) is 5. The zero-order valence-corrected chi connectivity index (χ0v) is 20.5. The van der Waals surface area contributed by atoms with Gasteiger partial charge in [0.05, 0.1) is 19.9 Å². The lowest BCUT2D eigenvalue weighted by Gasteiger charge is -2.16. The van der Waals surface area contributed by atoms with Crippen LogP contribution in [0.3, 0.4) is 0 Å². The summed E-state index contributed by atoms with van der Waals surface area (Å²) in [5, 5.41) is 15.0. The van der Waals surface area contributed by atoms with Crippen molar-refractivity contribution >= 4 is 23.3 Å². The third-order valence-electron chi connectivity index (χ3n) is 5.76. The van der Waals surface area contributed by atoms with Crippen LogP contribution in [0, 0.1) is 6.92 Å². The Bertz CT molecular complexity index is 1520. The molecule has 0 saturated carbocycles. The van der Waals surface area contributed by atoms with Crippen molar-refractivity contribution in [2.24, 2.45) is 19.2 Å². The number of aryl methyl sites for hydroxylation is 2. The van der Waals surface area contributed by atoms with Gasteiger partial charge in [-0.1, -0.05) is 18.2 Å². The van der Waals surface area contributed by atoms with Crippen LogP contribution in [0.2, 0.25) is 0 Å². The van der Waals surface area contributed by atoms with Crippen molar-refractivity contribution in [1.82, 2.24) is 18.7 Å². The summed E-state index contributed by atoms with van der Waals surface area (Å²) in [6.07, 6.45) is 0.605. The molecule has 1 unspecified atom stereocenters. The lowest BCUT2D eigenvalue weighted by atomic mass is 10.2. The van der Waals surface area contributed by atoms with Crippen LogP contribution >= 0.6 is 0 Å². The molecule has 2 N–H and O–H groups in total. The highest BCUT2D eigenvalue weighted by Crippen LogP contribution is 2.19. The van der Waals surface area contributed by atoms with Gasteiger partial charge in [-0.15, -0.1) is 0 Å². The number of nitrogens with one attached hydrogen (secondary N) is 1. The van der Waals surface area contributed by atoms with Crippen molar-refractivity contribution in [3.63, 3.8) is 0 Å². The molecule has 11 nitrogen and oxygen atoms in total. The Morgan fingerprint density at radius 2 is 1.83 bits per heavy atom. The van der Waals surface area contributed by atoms with Gasteiger partial charge in [0, 0.05) is 14.1 Å². The molecule has 0 fully saturated rings. The van der Waals surface area contributed by atoms with Crippen molar-refractivity contribution in [2.75, 3.05) is 19.1 Å². The van der Waals surface area contributed by atoms with E-state index >= 15 is 0 Å². The molecule has 4 aromatic rings. The van der Waals surface area contributed by atoms with Crippen LogP contribution < -0.4 is 26.1 Å². The predicted molar refractivity (Wildman–Crippen MR) is 137 cm³/mol. The number of para-hydroxylation sites is 1. The predicted octanol–water partition coefficient (Wildman–Crippen LogP) is 1.64. The second-order valence-corrected chi connectivity index (χ2v) is 8.30. The highest BCUT2D eigenvalue weighted by Gasteiger charge is 2.21. The highest BCUT2D eigenvalue weighted by molar-refractivity contribution is 5.80. The molecule has 188 valence electrons. The first-order chi connectivity index (χ1) is 17.3. The quantitative estimate of drug-likeness (QED) is 0.269. The standard InChI is InChI=1S/C25H28N6O5/c1-16-7-5-6-8-20(16)36-15-18(32)14-31-21-22(29(2)25(34)30(3)23(21)33)27-24(31)28-26-13-17-9-11-19(35-4)12-10-17/h5-13,18,32H,14-15H2,1-4H3,(H,27,28). The molecular formula is C25H28N6O5. The lowest BCUT2D eigenvalue weighted by molar-refractivity contribution is 0.0935. The first kappa shape index (κ1) is 24.7. The number of ether oxygens (including phenoxy) is 2. The fraction of sp³-hybridized carbons (Fsp3) is 0.280. The van der Waals surface area contributed by atoms with E-state index in [1.54, 1.807) is 25.5 Å². The average Bonchev–Trinajstić information content (AvgIpc) is 3.24. The first-order valence-electron chi connectivity index (χ1n) is 11.3. The molecule has 36 heavy (non-hydrogen) atoms. The SMILES string of the molecule is COc1ccc(C=NNc2nc3c(c(=O)n(C)c(=O)n3C)n2CC(O)COc2ccccc2C)cc1. The van der Waals surface area contributed by atoms with Crippen LogP contribution in [0.4, 0.5) is 5.95 Å². The van der Waals surface area contributed by atoms with E-state index in [2.05, 4.69) is 15.5 Å². The van der Waals surface area contributed by atoms with Gasteiger partial charge in [0.1, 0.15) is 24.2 Å². The molecule has 0 radical (unpaired) electrons. The van der Waals surface area contributed by atoms with E-state index < -0.39 is 17.4 Å². The topological polar surface area (TPSA) is 125 Å². The van der Waals surface area contributed by atoms with Crippen LogP contribution in [-0.4, -0.2) is 49.8 Å². The van der Waals surface area contributed by atoms with E-state index in [0.717, 1.165) is 21.4 Å². The molecule has 11 heteroatoms. The molecule has 2 aromatic carbocycles. The second-order valence-electron chi connectivity index (χ2n) is 8.30. The summed E-state index contributed by atoms with van der Waals surface area (Å²) < 4.78 is 14.7. The van der Waals surface area contributed by atoms with Crippen molar-refractivity contribution < 1.29 is 14.6 Å². The molecule has 0 aliphatic heterocycles. The van der Waals surface area contributed by atoms with Crippen molar-refractivity contribution in [3.05, 3.63) is 80.5 Å². The molecule has 1 atom stereocenters. The molecule has 0 amide bonds. The maximum atomic E-state index is 13.0. The van der Waals surface area contributed by atoms with Crippen LogP contribution in [0.15, 0.2) is 63.2 Å². The number of hydrogen-bond donors (Lipinski definition) is 2. The number of hydrogen-bond acceptors (Lipinski definition) is 8. The Labute approximate surface area is 206 Å². The van der Waals surface area contributed by atoms with Gasteiger partial charge < -0.3 is 19.1 Å². The van der Waals surface area contributed by atoms with E-state index in [1.165, 1.54) is 23.2 Å². The molecule has 0 bridgehead atoms. The minimum atomic E-state index is -0.977. The highest BCUT2D eigenvalue weighted by atomic mass is 16.5. The average molecular weight is 493 g/mol. The first-order valence-corrected chi connectivity index (χ1v) is 11.3. The third-order valence-corrected chi connectivity index (χ3v) is 5.76. The summed E-state index contributed by atoms with van der Waals surface area (Å²) >= 11 is 0. The van der Waals surface area contributed by atoms with Crippen LogP contribution in [0.5, 0.6) is 11.5 Å². The second kappa shape index (κ2) is 10.5. The van der Waals surface area contributed by atoms with Crippen LogP contribution in [-0.2, 0) is 20.6 Å². The molecule has 4 rings (SSSR count). The molecule has 2 aromatic heterocycles. The molecule has 2 heterocycles.